The minimum Gasteiger partial charge on any atom is -0.505 e. The van der Waals surface area contributed by atoms with Crippen molar-refractivity contribution in [2.45, 2.75) is 38.8 Å². The molecule has 0 radical (unpaired) electrons. The Morgan fingerprint density at radius 2 is 1.21 bits per heavy atom. The number of phenolic OH excluding ortho intramolecular Hbond substituents is 1. The summed E-state index contributed by atoms with van der Waals surface area (Å²) in [6, 6.07) is 29.9. The van der Waals surface area contributed by atoms with Crippen molar-refractivity contribution >= 4 is 66.4 Å². The zero-order chi connectivity index (χ0) is 37.7. The molecule has 6 rings (SSSR count). The van der Waals surface area contributed by atoms with E-state index in [1.807, 2.05) is 74.5 Å². The summed E-state index contributed by atoms with van der Waals surface area (Å²) in [5, 5.41) is 51.0. The molecule has 0 aliphatic carbocycles. The second kappa shape index (κ2) is 15.5. The van der Waals surface area contributed by atoms with Crippen molar-refractivity contribution in [3.05, 3.63) is 131 Å². The van der Waals surface area contributed by atoms with Crippen LogP contribution in [0.1, 0.15) is 27.8 Å². The summed E-state index contributed by atoms with van der Waals surface area (Å²) >= 11 is 0. The van der Waals surface area contributed by atoms with Crippen LogP contribution < -0.4 is 11.1 Å². The minimum atomic E-state index is -4.58. The number of anilines is 2. The van der Waals surface area contributed by atoms with Gasteiger partial charge in [0.15, 0.2) is 5.75 Å². The highest BCUT2D eigenvalue weighted by Gasteiger charge is 2.17. The molecule has 0 saturated carbocycles. The van der Waals surface area contributed by atoms with Gasteiger partial charge < -0.3 is 21.3 Å². The maximum atomic E-state index is 11.8. The highest BCUT2D eigenvalue weighted by Crippen LogP contribution is 2.38. The molecular formula is C39H36N8O5S. The van der Waals surface area contributed by atoms with E-state index >= 15 is 0 Å². The molecule has 13 nitrogen and oxygen atoms in total. The van der Waals surface area contributed by atoms with Gasteiger partial charge in [-0.2, -0.15) is 28.9 Å². The van der Waals surface area contributed by atoms with Gasteiger partial charge in [0, 0.05) is 23.3 Å². The van der Waals surface area contributed by atoms with Gasteiger partial charge in [0.25, 0.3) is 10.1 Å². The molecule has 0 saturated heterocycles. The normalized spacial score (nSPS) is 12.1. The van der Waals surface area contributed by atoms with Crippen molar-refractivity contribution in [3.8, 4) is 5.75 Å². The number of nitrogen functional groups attached to an aromatic ring is 1. The van der Waals surface area contributed by atoms with E-state index in [4.69, 9.17) is 5.73 Å². The maximum absolute atomic E-state index is 11.8. The fraction of sp³-hybridized carbons (Fsp3) is 0.128. The molecule has 53 heavy (non-hydrogen) atoms. The standard InChI is InChI=1S/C39H36N8O5S/c1-23-16-31(11-15-33(23)43-44-34-13-6-27(22-48)19-38(34)53(50,51)52)42-46-36-17-25(3)37(18-24(36)2)47-45-35-14-7-28-20-30(10-12-32(28)39(35)49)41-21-26-4-8-29(40)9-5-26/h4-20,41,48-49H,21-22,40H2,1-3H3,(H,50,51,52). The number of phenols is 1. The van der Waals surface area contributed by atoms with Crippen LogP contribution in [0.2, 0.25) is 0 Å². The zero-order valence-electron chi connectivity index (χ0n) is 29.1. The van der Waals surface area contributed by atoms with Crippen molar-refractivity contribution in [3.63, 3.8) is 0 Å². The lowest BCUT2D eigenvalue weighted by Crippen LogP contribution is -1.99. The van der Waals surface area contributed by atoms with E-state index in [9.17, 15) is 23.2 Å². The smallest absolute Gasteiger partial charge is 0.296 e. The molecule has 0 bridgehead atoms. The van der Waals surface area contributed by atoms with Gasteiger partial charge in [0.1, 0.15) is 16.3 Å². The number of aliphatic hydroxyl groups is 1. The third-order valence-electron chi connectivity index (χ3n) is 8.43. The number of benzene rings is 6. The lowest BCUT2D eigenvalue weighted by molar-refractivity contribution is 0.281. The van der Waals surface area contributed by atoms with E-state index in [-0.39, 0.29) is 11.4 Å². The molecule has 0 aliphatic heterocycles. The van der Waals surface area contributed by atoms with Crippen LogP contribution in [0.25, 0.3) is 10.8 Å². The van der Waals surface area contributed by atoms with E-state index in [1.165, 1.54) is 12.1 Å². The fourth-order valence-electron chi connectivity index (χ4n) is 5.42. The van der Waals surface area contributed by atoms with Crippen LogP contribution in [0.3, 0.4) is 0 Å². The zero-order valence-corrected chi connectivity index (χ0v) is 29.9. The first-order chi connectivity index (χ1) is 25.4. The van der Waals surface area contributed by atoms with Crippen LogP contribution in [0.15, 0.2) is 139 Å². The predicted molar refractivity (Wildman–Crippen MR) is 206 cm³/mol. The predicted octanol–water partition coefficient (Wildman–Crippen LogP) is 10.7. The quantitative estimate of drug-likeness (QED) is 0.0495. The molecule has 14 heteroatoms. The molecular weight excluding hydrogens is 693 g/mol. The molecule has 0 unspecified atom stereocenters. The van der Waals surface area contributed by atoms with Gasteiger partial charge >= 0.3 is 0 Å². The number of fused-ring (bicyclic) bond motifs is 1. The van der Waals surface area contributed by atoms with Crippen LogP contribution in [0, 0.1) is 20.8 Å². The SMILES string of the molecule is Cc1cc(N=Nc2ccc3cc(NCc4ccc(N)cc4)ccc3c2O)c(C)cc1N=Nc1ccc(N=Nc2ccc(CO)cc2S(=O)(=O)O)c(C)c1. The molecule has 0 atom stereocenters. The number of hydrogen-bond donors (Lipinski definition) is 5. The summed E-state index contributed by atoms with van der Waals surface area (Å²) in [6.45, 7) is 5.82. The Hall–Kier alpha value is -6.35. The van der Waals surface area contributed by atoms with Crippen LogP contribution in [0.4, 0.5) is 45.5 Å². The number of aromatic hydroxyl groups is 1. The first-order valence-electron chi connectivity index (χ1n) is 16.4. The van der Waals surface area contributed by atoms with Gasteiger partial charge in [-0.3, -0.25) is 4.55 Å². The first-order valence-corrected chi connectivity index (χ1v) is 17.8. The Morgan fingerprint density at radius 3 is 1.89 bits per heavy atom. The van der Waals surface area contributed by atoms with Crippen molar-refractivity contribution in [2.24, 2.45) is 30.7 Å². The van der Waals surface area contributed by atoms with Crippen LogP contribution in [0.5, 0.6) is 5.75 Å². The third kappa shape index (κ3) is 8.76. The summed E-state index contributed by atoms with van der Waals surface area (Å²) in [7, 11) is -4.58. The van der Waals surface area contributed by atoms with Gasteiger partial charge in [0.2, 0.25) is 0 Å². The third-order valence-corrected chi connectivity index (χ3v) is 9.31. The summed E-state index contributed by atoms with van der Waals surface area (Å²) in [5.74, 6) is 0.0403. The van der Waals surface area contributed by atoms with Gasteiger partial charge in [-0.15, -0.1) is 10.2 Å². The molecule has 268 valence electrons. The van der Waals surface area contributed by atoms with Crippen molar-refractivity contribution in [1.82, 2.24) is 0 Å². The maximum Gasteiger partial charge on any atom is 0.296 e. The van der Waals surface area contributed by atoms with Crippen LogP contribution in [-0.2, 0) is 23.3 Å². The van der Waals surface area contributed by atoms with E-state index in [2.05, 4.69) is 36.0 Å². The summed E-state index contributed by atoms with van der Waals surface area (Å²) < 4.78 is 33.2. The molecule has 6 N–H and O–H groups in total. The lowest BCUT2D eigenvalue weighted by atomic mass is 10.1. The van der Waals surface area contributed by atoms with E-state index in [0.29, 0.717) is 51.5 Å². The Balaban J connectivity index is 1.14. The van der Waals surface area contributed by atoms with Crippen LogP contribution >= 0.6 is 0 Å². The second-order valence-electron chi connectivity index (χ2n) is 12.4. The number of aryl methyl sites for hydroxylation is 3. The summed E-state index contributed by atoms with van der Waals surface area (Å²) in [5.41, 5.74) is 13.7. The number of rotatable bonds is 11. The van der Waals surface area contributed by atoms with E-state index in [0.717, 1.165) is 39.5 Å². The number of nitrogens with zero attached hydrogens (tertiary/aromatic N) is 6. The molecule has 6 aromatic rings. The van der Waals surface area contributed by atoms with Crippen molar-refractivity contribution in [2.75, 3.05) is 11.1 Å². The van der Waals surface area contributed by atoms with Crippen LogP contribution in [-0.4, -0.2) is 23.2 Å². The molecule has 0 heterocycles. The van der Waals surface area contributed by atoms with Gasteiger partial charge in [-0.05, 0) is 133 Å². The second-order valence-corrected chi connectivity index (χ2v) is 13.8. The number of azo groups is 3. The highest BCUT2D eigenvalue weighted by molar-refractivity contribution is 7.86. The molecule has 0 aromatic heterocycles. The molecule has 0 fully saturated rings. The lowest BCUT2D eigenvalue weighted by Gasteiger charge is -2.10. The van der Waals surface area contributed by atoms with E-state index < -0.39 is 21.6 Å². The minimum absolute atomic E-state index is 0.0403. The largest absolute Gasteiger partial charge is 0.505 e. The Kier molecular flexibility index (Phi) is 10.7. The van der Waals surface area contributed by atoms with Gasteiger partial charge in [-0.1, -0.05) is 24.3 Å². The fourth-order valence-corrected chi connectivity index (χ4v) is 6.09. The molecule has 0 aliphatic rings. The average Bonchev–Trinajstić information content (AvgIpc) is 3.14. The average molecular weight is 729 g/mol. The topological polar surface area (TPSA) is 207 Å². The molecule has 0 spiro atoms. The van der Waals surface area contributed by atoms with Crippen molar-refractivity contribution < 1.29 is 23.2 Å². The van der Waals surface area contributed by atoms with Crippen molar-refractivity contribution in [1.29, 1.82) is 0 Å². The Morgan fingerprint density at radius 1 is 0.623 bits per heavy atom. The number of nitrogens with two attached hydrogens (primary N) is 1. The summed E-state index contributed by atoms with van der Waals surface area (Å²) in [4.78, 5) is -0.449. The number of aliphatic hydroxyl groups excluding tert-OH is 1. The Bertz CT molecular complexity index is 2540. The monoisotopic (exact) mass is 728 g/mol. The number of nitrogens with one attached hydrogen (secondary N) is 1. The van der Waals surface area contributed by atoms with E-state index in [1.54, 1.807) is 31.2 Å². The highest BCUT2D eigenvalue weighted by atomic mass is 32.2. The number of hydrogen-bond acceptors (Lipinski definition) is 12. The summed E-state index contributed by atoms with van der Waals surface area (Å²) in [6.07, 6.45) is 0. The molecule has 0 amide bonds. The van der Waals surface area contributed by atoms with Gasteiger partial charge in [0.05, 0.1) is 29.4 Å². The Labute approximate surface area is 306 Å². The molecule has 6 aromatic carbocycles. The van der Waals surface area contributed by atoms with Gasteiger partial charge in [-0.25, -0.2) is 0 Å². The first kappa shape index (κ1) is 36.4.